The van der Waals surface area contributed by atoms with Crippen molar-refractivity contribution in [3.05, 3.63) is 82.1 Å². The lowest BCUT2D eigenvalue weighted by Gasteiger charge is -2.24. The fraction of sp³-hybridized carbons (Fsp3) is 0.355. The van der Waals surface area contributed by atoms with E-state index in [9.17, 15) is 70.9 Å². The van der Waals surface area contributed by atoms with E-state index in [4.69, 9.17) is 8.97 Å². The van der Waals surface area contributed by atoms with Crippen LogP contribution in [0.25, 0.3) is 11.1 Å². The number of amides is 1. The van der Waals surface area contributed by atoms with Gasteiger partial charge in [0.25, 0.3) is 36.9 Å². The molecule has 0 aromatic carbocycles. The summed E-state index contributed by atoms with van der Waals surface area (Å²) < 4.78 is 69.8. The first kappa shape index (κ1) is 43.6. The first-order chi connectivity index (χ1) is 27.1. The largest absolute Gasteiger partial charge is 0.480 e. The summed E-state index contributed by atoms with van der Waals surface area (Å²) >= 11 is 2.10. The molecule has 5 rings (SSSR count). The van der Waals surface area contributed by atoms with Crippen molar-refractivity contribution in [1.29, 1.82) is 10.5 Å². The van der Waals surface area contributed by atoms with Gasteiger partial charge in [0.05, 0.1) is 10.8 Å². The topological polar surface area (TPSA) is 342 Å². The molecule has 3 aromatic rings. The maximum absolute atomic E-state index is 14.0. The van der Waals surface area contributed by atoms with Crippen molar-refractivity contribution < 1.29 is 55.0 Å². The summed E-state index contributed by atoms with van der Waals surface area (Å²) in [4.78, 5) is 80.7. The van der Waals surface area contributed by atoms with Gasteiger partial charge in [-0.3, -0.25) is 51.6 Å². The number of aromatic nitrogens is 3. The quantitative estimate of drug-likeness (QED) is 0.129. The van der Waals surface area contributed by atoms with Crippen molar-refractivity contribution >= 4 is 83.7 Å². The molecule has 5 N–H and O–H groups in total. The summed E-state index contributed by atoms with van der Waals surface area (Å²) in [6.45, 7) is -1.87. The molecule has 2 aliphatic rings. The maximum Gasteiger partial charge on any atom is 0.323 e. The molecule has 0 fully saturated rings. The highest BCUT2D eigenvalue weighted by Gasteiger charge is 2.31. The van der Waals surface area contributed by atoms with Gasteiger partial charge in [-0.2, -0.15) is 27.4 Å². The number of hydrogen-bond donors (Lipinski definition) is 5. The van der Waals surface area contributed by atoms with Crippen LogP contribution in [-0.2, 0) is 54.3 Å². The van der Waals surface area contributed by atoms with E-state index in [1.807, 2.05) is 0 Å². The van der Waals surface area contributed by atoms with Crippen LogP contribution in [0, 0.1) is 41.9 Å². The highest BCUT2D eigenvalue weighted by Crippen LogP contribution is 2.47. The molecule has 0 unspecified atom stereocenters. The van der Waals surface area contributed by atoms with Crippen molar-refractivity contribution in [2.45, 2.75) is 52.2 Å². The van der Waals surface area contributed by atoms with E-state index < -0.39 is 116 Å². The predicted molar refractivity (Wildman–Crippen MR) is 203 cm³/mol. The fourth-order valence-electron chi connectivity index (χ4n) is 5.84. The van der Waals surface area contributed by atoms with Gasteiger partial charge in [0.1, 0.15) is 51.5 Å². The summed E-state index contributed by atoms with van der Waals surface area (Å²) in [5.41, 5.74) is -4.23. The standard InChI is InChI=1S/C31H29N7O15S5/c1-15(8-20-36(11-19(39)34-14-58(50,51)52)17-4-2-3-5-18(17)54-20)23-26(44)37(12-21(40)41)29(53-23)24-27(45)38(13-22(42)43)31(55-24)25-28(46)35(6-7-57(47,48)49)30(56-25)16(9-32)10-33/h8H,2-7,11-14H2,1H3,(H,34,39)(H,40,41)(H,42,43)(H,47,48,49)(H,50,51,52)/b20-8?,23-15+,29-24+,31-25+. The molecule has 1 aliphatic carbocycles. The van der Waals surface area contributed by atoms with E-state index in [-0.39, 0.29) is 16.8 Å². The van der Waals surface area contributed by atoms with Crippen LogP contribution < -0.4 is 32.1 Å². The van der Waals surface area contributed by atoms with Gasteiger partial charge < -0.3 is 24.8 Å². The van der Waals surface area contributed by atoms with E-state index in [1.165, 1.54) is 24.8 Å². The molecule has 4 heterocycles. The summed E-state index contributed by atoms with van der Waals surface area (Å²) in [5, 5.41) is 41.0. The zero-order valence-corrected chi connectivity index (χ0v) is 33.7. The van der Waals surface area contributed by atoms with Gasteiger partial charge in [0.2, 0.25) is 11.5 Å². The first-order valence-electron chi connectivity index (χ1n) is 16.4. The Labute approximate surface area is 336 Å². The summed E-state index contributed by atoms with van der Waals surface area (Å²) in [6.07, 6.45) is 4.30. The molecule has 0 spiro atoms. The Kier molecular flexibility index (Phi) is 12.9. The van der Waals surface area contributed by atoms with Gasteiger partial charge in [-0.1, -0.05) is 11.8 Å². The second-order valence-corrected chi connectivity index (χ2v) is 18.5. The van der Waals surface area contributed by atoms with Crippen LogP contribution in [0.4, 0.5) is 0 Å². The lowest BCUT2D eigenvalue weighted by atomic mass is 10.0. The highest BCUT2D eigenvalue weighted by molar-refractivity contribution is 8.07. The molecule has 0 saturated heterocycles. The Morgan fingerprint density at radius 3 is 2.09 bits per heavy atom. The lowest BCUT2D eigenvalue weighted by molar-refractivity contribution is -0.138. The van der Waals surface area contributed by atoms with Crippen LogP contribution in [-0.4, -0.2) is 90.8 Å². The normalized spacial score (nSPS) is 16.8. The van der Waals surface area contributed by atoms with E-state index in [0.29, 0.717) is 54.2 Å². The van der Waals surface area contributed by atoms with Crippen LogP contribution >= 0.6 is 34.4 Å². The van der Waals surface area contributed by atoms with Gasteiger partial charge in [-0.05, 0) is 38.7 Å². The van der Waals surface area contributed by atoms with E-state index >= 15 is 0 Å². The number of hydrogen-bond acceptors (Lipinski definition) is 17. The van der Waals surface area contributed by atoms with Crippen molar-refractivity contribution in [3.63, 3.8) is 0 Å². The molecular weight excluding hydrogens is 871 g/mol. The van der Waals surface area contributed by atoms with Crippen LogP contribution in [0.15, 0.2) is 40.5 Å². The molecule has 0 saturated carbocycles. The number of carbonyl (C=O) groups excluding carboxylic acids is 1. The SMILES string of the molecule is C/C(C=C1SC2=C(CCCC2)N1CC(=O)NCS(=O)(=O)O)=c1\o/c(=c2/s/c(=c3/sc(=C(C#N)C#N)n(CCS(=O)(=O)O)c3=O)n(CC(=O)O)c2=O)n(CC(=O)O)c1=O. The molecule has 22 nitrogen and oxygen atoms in total. The molecule has 0 atom stereocenters. The number of thiazole rings is 2. The molecule has 0 bridgehead atoms. The third-order valence-electron chi connectivity index (χ3n) is 8.30. The van der Waals surface area contributed by atoms with Crippen molar-refractivity contribution in [2.75, 3.05) is 18.2 Å². The maximum atomic E-state index is 14.0. The number of carboxylic acids is 2. The highest BCUT2D eigenvalue weighted by atomic mass is 32.2. The second-order valence-electron chi connectivity index (χ2n) is 12.4. The number of carbonyl (C=O) groups is 3. The fourth-order valence-corrected chi connectivity index (χ4v) is 10.3. The molecule has 0 radical (unpaired) electrons. The Balaban J connectivity index is 1.85. The molecular formula is C31H29N7O15S5. The molecule has 58 heavy (non-hydrogen) atoms. The Morgan fingerprint density at radius 1 is 0.862 bits per heavy atom. The van der Waals surface area contributed by atoms with Crippen molar-refractivity contribution in [1.82, 2.24) is 23.9 Å². The van der Waals surface area contributed by atoms with Gasteiger partial charge >= 0.3 is 11.9 Å². The van der Waals surface area contributed by atoms with Gasteiger partial charge in [-0.15, -0.1) is 22.7 Å². The number of nitrogens with zero attached hydrogens (tertiary/aromatic N) is 6. The average molecular weight is 900 g/mol. The van der Waals surface area contributed by atoms with Crippen LogP contribution in [0.1, 0.15) is 32.6 Å². The van der Waals surface area contributed by atoms with Crippen molar-refractivity contribution in [3.8, 4) is 12.1 Å². The molecule has 308 valence electrons. The average Bonchev–Trinajstić information content (AvgIpc) is 3.83. The summed E-state index contributed by atoms with van der Waals surface area (Å²) in [6, 6.07) is 3.11. The molecule has 27 heteroatoms. The van der Waals surface area contributed by atoms with Crippen molar-refractivity contribution in [2.24, 2.45) is 0 Å². The van der Waals surface area contributed by atoms with E-state index in [2.05, 4.69) is 5.32 Å². The van der Waals surface area contributed by atoms with Gasteiger partial charge in [0, 0.05) is 22.7 Å². The summed E-state index contributed by atoms with van der Waals surface area (Å²) in [7, 11) is -9.20. The Hall–Kier alpha value is -5.55. The minimum Gasteiger partial charge on any atom is -0.480 e. The number of aliphatic carboxylic acids is 2. The smallest absolute Gasteiger partial charge is 0.323 e. The number of thioether (sulfide) groups is 1. The minimum atomic E-state index is -4.68. The number of nitriles is 2. The minimum absolute atomic E-state index is 0.0735. The van der Waals surface area contributed by atoms with Gasteiger partial charge in [0.15, 0.2) is 15.5 Å². The zero-order chi connectivity index (χ0) is 42.9. The van der Waals surface area contributed by atoms with Crippen LogP contribution in [0.3, 0.4) is 0 Å². The third kappa shape index (κ3) is 9.58. The summed E-state index contributed by atoms with van der Waals surface area (Å²) in [5.74, 6) is -5.96. The van der Waals surface area contributed by atoms with Crippen LogP contribution in [0.5, 0.6) is 0 Å². The zero-order valence-electron chi connectivity index (χ0n) is 29.7. The van der Waals surface area contributed by atoms with E-state index in [0.717, 1.165) is 23.4 Å². The lowest BCUT2D eigenvalue weighted by Crippen LogP contribution is -2.37. The monoisotopic (exact) mass is 899 g/mol. The molecule has 1 amide bonds. The number of rotatable bonds is 12. The number of nitrogens with one attached hydrogen (secondary N) is 1. The third-order valence-corrected chi connectivity index (χ3v) is 13.2. The number of carboxylic acid groups (broad SMARTS) is 2. The first-order valence-corrected chi connectivity index (χ1v) is 22.0. The number of oxazole rings is 1. The molecule has 1 aliphatic heterocycles. The van der Waals surface area contributed by atoms with E-state index in [1.54, 1.807) is 17.0 Å². The predicted octanol–water partition coefficient (Wildman–Crippen LogP) is -1.48. The van der Waals surface area contributed by atoms with Gasteiger partial charge in [-0.25, -0.2) is 0 Å². The number of allylic oxidation sites excluding steroid dienone is 3. The Morgan fingerprint density at radius 2 is 1.48 bits per heavy atom. The Bertz CT molecular complexity index is 3150. The molecule has 3 aromatic heterocycles. The van der Waals surface area contributed by atoms with Crippen LogP contribution in [0.2, 0.25) is 0 Å². The second kappa shape index (κ2) is 17.1.